The minimum atomic E-state index is -0.530. The normalized spacial score (nSPS) is 14.1. The van der Waals surface area contributed by atoms with Crippen LogP contribution in [0.25, 0.3) is 16.8 Å². The summed E-state index contributed by atoms with van der Waals surface area (Å²) in [6.45, 7) is 2.10. The van der Waals surface area contributed by atoms with E-state index < -0.39 is 22.0 Å². The molecule has 0 bridgehead atoms. The number of hydrogen-bond donors (Lipinski definition) is 0. The predicted octanol–water partition coefficient (Wildman–Crippen LogP) is 6.60. The number of imide groups is 1. The fourth-order valence-electron chi connectivity index (χ4n) is 4.22. The molecule has 4 aromatic carbocycles. The maximum Gasteiger partial charge on any atom is 0.344 e. The average Bonchev–Trinajstić information content (AvgIpc) is 3.21. The lowest BCUT2D eigenvalue weighted by molar-refractivity contribution is -0.384. The van der Waals surface area contributed by atoms with Crippen molar-refractivity contribution >= 4 is 51.4 Å². The van der Waals surface area contributed by atoms with Crippen molar-refractivity contribution in [3.63, 3.8) is 0 Å². The molecule has 9 nitrogen and oxygen atoms in total. The van der Waals surface area contributed by atoms with Gasteiger partial charge < -0.3 is 9.47 Å². The summed E-state index contributed by atoms with van der Waals surface area (Å²) in [6.07, 6.45) is 1.57. The lowest BCUT2D eigenvalue weighted by atomic mass is 10.0. The fourth-order valence-corrected chi connectivity index (χ4v) is 5.06. The second-order valence-electron chi connectivity index (χ2n) is 8.75. The van der Waals surface area contributed by atoms with Crippen LogP contribution in [-0.2, 0) is 11.3 Å². The Labute approximate surface area is 233 Å². The molecular weight excluding hydrogens is 532 g/mol. The number of ether oxygens (including phenoxy) is 2. The number of benzene rings is 4. The molecule has 4 aromatic rings. The highest BCUT2D eigenvalue weighted by atomic mass is 32.2. The molecule has 10 heteroatoms. The number of thioether (sulfide) groups is 1. The number of carbonyl (C=O) groups excluding carboxylic acids is 3. The van der Waals surface area contributed by atoms with E-state index in [-0.39, 0.29) is 22.9 Å². The highest BCUT2D eigenvalue weighted by Gasteiger charge is 2.35. The van der Waals surface area contributed by atoms with Crippen molar-refractivity contribution in [2.75, 3.05) is 6.61 Å². The third-order valence-electron chi connectivity index (χ3n) is 6.14. The lowest BCUT2D eigenvalue weighted by Gasteiger charge is -2.13. The Kier molecular flexibility index (Phi) is 7.61. The molecule has 2 amide bonds. The maximum absolute atomic E-state index is 13.1. The van der Waals surface area contributed by atoms with Crippen molar-refractivity contribution in [3.8, 4) is 11.5 Å². The predicted molar refractivity (Wildman–Crippen MR) is 151 cm³/mol. The second-order valence-corrected chi connectivity index (χ2v) is 9.74. The number of nitro benzene ring substituents is 1. The topological polar surface area (TPSA) is 116 Å². The molecule has 0 saturated carbocycles. The molecule has 1 heterocycles. The average molecular weight is 555 g/mol. The molecule has 1 aliphatic rings. The molecule has 5 rings (SSSR count). The first-order valence-electron chi connectivity index (χ1n) is 12.3. The number of fused-ring (bicyclic) bond motifs is 1. The minimum Gasteiger partial charge on any atom is -0.490 e. The first kappa shape index (κ1) is 26.6. The van der Waals surface area contributed by atoms with Gasteiger partial charge in [-0.3, -0.25) is 24.6 Å². The molecule has 0 aliphatic carbocycles. The molecule has 0 radical (unpaired) electrons. The molecule has 1 saturated heterocycles. The van der Waals surface area contributed by atoms with Gasteiger partial charge in [0.05, 0.1) is 28.5 Å². The molecule has 0 aromatic heterocycles. The molecule has 0 spiro atoms. The van der Waals surface area contributed by atoms with Gasteiger partial charge in [-0.1, -0.05) is 54.6 Å². The first-order chi connectivity index (χ1) is 19.3. The van der Waals surface area contributed by atoms with Gasteiger partial charge in [-0.2, -0.15) is 0 Å². The van der Waals surface area contributed by atoms with Gasteiger partial charge in [0.25, 0.3) is 16.8 Å². The van der Waals surface area contributed by atoms with E-state index in [0.29, 0.717) is 29.0 Å². The number of rotatable bonds is 8. The third-order valence-corrected chi connectivity index (χ3v) is 7.05. The van der Waals surface area contributed by atoms with Gasteiger partial charge in [0.1, 0.15) is 0 Å². The van der Waals surface area contributed by atoms with E-state index in [0.717, 1.165) is 27.4 Å². The smallest absolute Gasteiger partial charge is 0.344 e. The number of non-ortho nitro benzene ring substituents is 1. The molecule has 1 fully saturated rings. The SMILES string of the molecule is CCOc1cc(/C=C2\SC(=O)N(Cc3ccc([N+](=O)[O-])cc3)C2=O)ccc1OC(=O)c1cccc2ccccc12. The van der Waals surface area contributed by atoms with Gasteiger partial charge in [-0.15, -0.1) is 0 Å². The van der Waals surface area contributed by atoms with Crippen LogP contribution in [0, 0.1) is 10.1 Å². The molecule has 0 N–H and O–H groups in total. The zero-order valence-corrected chi connectivity index (χ0v) is 22.1. The Morgan fingerprint density at radius 3 is 2.48 bits per heavy atom. The van der Waals surface area contributed by atoms with Crippen molar-refractivity contribution in [3.05, 3.63) is 117 Å². The van der Waals surface area contributed by atoms with Gasteiger partial charge >= 0.3 is 5.97 Å². The zero-order chi connectivity index (χ0) is 28.2. The summed E-state index contributed by atoms with van der Waals surface area (Å²) in [5.41, 5.74) is 1.51. The van der Waals surface area contributed by atoms with Gasteiger partial charge in [0.15, 0.2) is 11.5 Å². The van der Waals surface area contributed by atoms with Gasteiger partial charge in [-0.25, -0.2) is 4.79 Å². The van der Waals surface area contributed by atoms with Crippen LogP contribution in [0.4, 0.5) is 10.5 Å². The van der Waals surface area contributed by atoms with Crippen molar-refractivity contribution in [2.45, 2.75) is 13.5 Å². The molecule has 200 valence electrons. The van der Waals surface area contributed by atoms with Crippen LogP contribution in [0.15, 0.2) is 89.8 Å². The van der Waals surface area contributed by atoms with Crippen LogP contribution < -0.4 is 9.47 Å². The number of carbonyl (C=O) groups is 3. The number of hydrogen-bond acceptors (Lipinski definition) is 8. The van der Waals surface area contributed by atoms with Crippen molar-refractivity contribution in [1.82, 2.24) is 4.90 Å². The lowest BCUT2D eigenvalue weighted by Crippen LogP contribution is -2.27. The van der Waals surface area contributed by atoms with Gasteiger partial charge in [0, 0.05) is 12.1 Å². The Balaban J connectivity index is 1.35. The van der Waals surface area contributed by atoms with E-state index in [4.69, 9.17) is 9.47 Å². The summed E-state index contributed by atoms with van der Waals surface area (Å²) >= 11 is 0.800. The fraction of sp³-hybridized carbons (Fsp3) is 0.100. The Bertz CT molecular complexity index is 1680. The van der Waals surface area contributed by atoms with Gasteiger partial charge in [-0.05, 0) is 64.9 Å². The van der Waals surface area contributed by atoms with E-state index in [9.17, 15) is 24.5 Å². The molecule has 0 atom stereocenters. The third kappa shape index (κ3) is 5.57. The highest BCUT2D eigenvalue weighted by molar-refractivity contribution is 8.18. The van der Waals surface area contributed by atoms with Crippen LogP contribution in [-0.4, -0.2) is 33.5 Å². The Morgan fingerprint density at radius 2 is 1.73 bits per heavy atom. The monoisotopic (exact) mass is 554 g/mol. The standard InChI is InChI=1S/C30H22N2O7S/c1-2-38-26-16-20(12-15-25(26)39-29(34)24-9-5-7-21-6-3-4-8-23(21)24)17-27-28(33)31(30(35)40-27)18-19-10-13-22(14-11-19)32(36)37/h3-17H,2,18H2,1H3/b27-17-. The second kappa shape index (κ2) is 11.4. The highest BCUT2D eigenvalue weighted by Crippen LogP contribution is 2.36. The van der Waals surface area contributed by atoms with E-state index >= 15 is 0 Å². The van der Waals surface area contributed by atoms with Crippen molar-refractivity contribution in [2.24, 2.45) is 0 Å². The van der Waals surface area contributed by atoms with Gasteiger partial charge in [0.2, 0.25) is 0 Å². The molecule has 0 unspecified atom stereocenters. The maximum atomic E-state index is 13.1. The van der Waals surface area contributed by atoms with Crippen LogP contribution in [0.3, 0.4) is 0 Å². The zero-order valence-electron chi connectivity index (χ0n) is 21.2. The van der Waals surface area contributed by atoms with Crippen LogP contribution in [0.1, 0.15) is 28.4 Å². The number of nitro groups is 1. The van der Waals surface area contributed by atoms with Crippen LogP contribution >= 0.6 is 11.8 Å². The molecular formula is C30H22N2O7S. The van der Waals surface area contributed by atoms with E-state index in [1.165, 1.54) is 24.3 Å². The summed E-state index contributed by atoms with van der Waals surface area (Å²) in [7, 11) is 0. The number of esters is 1. The van der Waals surface area contributed by atoms with Crippen molar-refractivity contribution < 1.29 is 28.8 Å². The summed E-state index contributed by atoms with van der Waals surface area (Å²) < 4.78 is 11.4. The van der Waals surface area contributed by atoms with E-state index in [1.807, 2.05) is 30.3 Å². The molecule has 40 heavy (non-hydrogen) atoms. The minimum absolute atomic E-state index is 0.00669. The van der Waals surface area contributed by atoms with Crippen molar-refractivity contribution in [1.29, 1.82) is 0 Å². The summed E-state index contributed by atoms with van der Waals surface area (Å²) in [5, 5.41) is 12.1. The van der Waals surface area contributed by atoms with E-state index in [1.54, 1.807) is 43.3 Å². The summed E-state index contributed by atoms with van der Waals surface area (Å²) in [5.74, 6) is -0.464. The van der Waals surface area contributed by atoms with E-state index in [2.05, 4.69) is 0 Å². The largest absolute Gasteiger partial charge is 0.490 e. The van der Waals surface area contributed by atoms with Crippen LogP contribution in [0.2, 0.25) is 0 Å². The Hall–Kier alpha value is -4.96. The quantitative estimate of drug-likeness (QED) is 0.0786. The number of nitrogens with zero attached hydrogens (tertiary/aromatic N) is 2. The first-order valence-corrected chi connectivity index (χ1v) is 13.1. The van der Waals surface area contributed by atoms with Crippen LogP contribution in [0.5, 0.6) is 11.5 Å². The number of amides is 2. The molecule has 1 aliphatic heterocycles. The summed E-state index contributed by atoms with van der Waals surface area (Å²) in [6, 6.07) is 23.5. The summed E-state index contributed by atoms with van der Waals surface area (Å²) in [4.78, 5) is 50.3. The Morgan fingerprint density at radius 1 is 0.975 bits per heavy atom.